The van der Waals surface area contributed by atoms with Gasteiger partial charge in [-0.05, 0) is 0 Å². The second kappa shape index (κ2) is 29.1. The first-order valence-corrected chi connectivity index (χ1v) is 9.03. The molecule has 0 atom stereocenters. The van der Waals surface area contributed by atoms with Crippen LogP contribution in [0.15, 0.2) is 56.9 Å². The molecule has 3 aromatic rings. The van der Waals surface area contributed by atoms with Crippen molar-refractivity contribution in [2.45, 2.75) is 0 Å². The van der Waals surface area contributed by atoms with Gasteiger partial charge >= 0.3 is 113 Å². The van der Waals surface area contributed by atoms with Gasteiger partial charge in [-0.1, -0.05) is 0 Å². The third-order valence-corrected chi connectivity index (χ3v) is 1.20. The van der Waals surface area contributed by atoms with Crippen molar-refractivity contribution in [1.82, 2.24) is 44.9 Å². The fourth-order valence-corrected chi connectivity index (χ4v) is 0.615. The molecular formula is C9H9Ca3N9O8P2. The summed E-state index contributed by atoms with van der Waals surface area (Å²) in [5.74, 6) is 0. The van der Waals surface area contributed by atoms with Crippen molar-refractivity contribution >= 4 is 129 Å². The van der Waals surface area contributed by atoms with Crippen molar-refractivity contribution in [3.63, 3.8) is 0 Å². The molecule has 0 spiro atoms. The normalized spacial score (nSPS) is 8.45. The summed E-state index contributed by atoms with van der Waals surface area (Å²) in [6.07, 6.45) is 12.9. The summed E-state index contributed by atoms with van der Waals surface area (Å²) in [6, 6.07) is 0. The molecule has 0 radical (unpaired) electrons. The van der Waals surface area contributed by atoms with E-state index in [0.29, 0.717) is 0 Å². The Morgan fingerprint density at radius 3 is 0.452 bits per heavy atom. The molecule has 31 heavy (non-hydrogen) atoms. The third kappa shape index (κ3) is 72.2. The van der Waals surface area contributed by atoms with Crippen molar-refractivity contribution in [3.8, 4) is 0 Å². The Balaban J connectivity index is -0.0000000891. The van der Waals surface area contributed by atoms with Crippen LogP contribution < -0.4 is 29.4 Å². The second-order valence-corrected chi connectivity index (χ2v) is 5.06. The first-order valence-electron chi connectivity index (χ1n) is 6.11. The summed E-state index contributed by atoms with van der Waals surface area (Å²) >= 11 is 0. The molecule has 154 valence electrons. The van der Waals surface area contributed by atoms with E-state index in [1.807, 2.05) is 0 Å². The first-order chi connectivity index (χ1) is 13.0. The van der Waals surface area contributed by atoms with E-state index in [9.17, 15) is 0 Å². The molecule has 3 heterocycles. The van der Waals surface area contributed by atoms with Gasteiger partial charge in [0.1, 0.15) is 56.9 Å². The number of hydrogen-bond acceptors (Lipinski definition) is 17. The first kappa shape index (κ1) is 42.2. The molecule has 0 aliphatic rings. The summed E-state index contributed by atoms with van der Waals surface area (Å²) < 4.78 is 17.1. The molecule has 0 bridgehead atoms. The van der Waals surface area contributed by atoms with Gasteiger partial charge in [0.2, 0.25) is 0 Å². The Labute approximate surface area is 265 Å². The Morgan fingerprint density at radius 1 is 0.355 bits per heavy atom. The molecule has 0 unspecified atom stereocenters. The number of phosphoric acid groups is 2. The molecule has 3 rings (SSSR count). The van der Waals surface area contributed by atoms with Gasteiger partial charge in [-0.25, -0.2) is 44.9 Å². The molecule has 0 saturated heterocycles. The van der Waals surface area contributed by atoms with Crippen LogP contribution in [0, 0.1) is 0 Å². The predicted molar refractivity (Wildman–Crippen MR) is 92.0 cm³/mol. The van der Waals surface area contributed by atoms with Gasteiger partial charge in [-0.15, -0.1) is 0 Å². The predicted octanol–water partition coefficient (Wildman–Crippen LogP) is -7.18. The number of aromatic nitrogens is 9. The van der Waals surface area contributed by atoms with E-state index in [-0.39, 0.29) is 113 Å². The molecule has 3 aromatic heterocycles. The van der Waals surface area contributed by atoms with Crippen molar-refractivity contribution in [2.75, 3.05) is 0 Å². The van der Waals surface area contributed by atoms with Crippen LogP contribution in [0.1, 0.15) is 0 Å². The van der Waals surface area contributed by atoms with Gasteiger partial charge in [0.25, 0.3) is 0 Å². The molecule has 0 aliphatic heterocycles. The van der Waals surface area contributed by atoms with Crippen molar-refractivity contribution in [2.24, 2.45) is 0 Å². The van der Waals surface area contributed by atoms with E-state index in [2.05, 4.69) is 44.9 Å². The summed E-state index contributed by atoms with van der Waals surface area (Å²) in [4.78, 5) is 83.4. The molecule has 0 saturated carbocycles. The van der Waals surface area contributed by atoms with Gasteiger partial charge in [0, 0.05) is 0 Å². The molecule has 22 heteroatoms. The summed E-state index contributed by atoms with van der Waals surface area (Å²) in [7, 11) is -10.8. The Bertz CT molecular complexity index is 587. The fourth-order valence-electron chi connectivity index (χ4n) is 0.615. The maximum Gasteiger partial charge on any atom is 2.00 e. The van der Waals surface area contributed by atoms with Crippen molar-refractivity contribution < 1.29 is 38.5 Å². The maximum atomic E-state index is 8.55. The standard InChI is InChI=1S/3C3H3N3.3Ca.2H3O4P/c3*1-4-2-6-3-5-1;;;;2*1-5(2,3)4/h3*1-3H;;;;2*(H3,1,2,3,4)/q;;;3*+2;;/p-6. The van der Waals surface area contributed by atoms with Crippen LogP contribution in [0.3, 0.4) is 0 Å². The van der Waals surface area contributed by atoms with Crippen LogP contribution in [0.5, 0.6) is 0 Å². The third-order valence-electron chi connectivity index (χ3n) is 1.20. The zero-order valence-electron chi connectivity index (χ0n) is 15.5. The van der Waals surface area contributed by atoms with E-state index in [4.69, 9.17) is 38.5 Å². The molecule has 0 N–H and O–H groups in total. The van der Waals surface area contributed by atoms with Crippen LogP contribution in [0.25, 0.3) is 0 Å². The van der Waals surface area contributed by atoms with E-state index in [0.717, 1.165) is 0 Å². The summed E-state index contributed by atoms with van der Waals surface area (Å²) in [5.41, 5.74) is 0. The average molecular weight is 553 g/mol. The molecular weight excluding hydrogens is 544 g/mol. The van der Waals surface area contributed by atoms with Crippen molar-refractivity contribution in [1.29, 1.82) is 0 Å². The molecule has 0 amide bonds. The van der Waals surface area contributed by atoms with Crippen LogP contribution >= 0.6 is 15.6 Å². The van der Waals surface area contributed by atoms with E-state index >= 15 is 0 Å². The number of rotatable bonds is 0. The monoisotopic (exact) mass is 553 g/mol. The van der Waals surface area contributed by atoms with Gasteiger partial charge in [-0.3, -0.25) is 0 Å². The Kier molecular flexibility index (Phi) is 39.6. The molecule has 0 aromatic carbocycles. The largest absolute Gasteiger partial charge is 2.00 e. The van der Waals surface area contributed by atoms with Crippen LogP contribution in [-0.2, 0) is 9.13 Å². The molecule has 0 aliphatic carbocycles. The fraction of sp³-hybridized carbons (Fsp3) is 0. The summed E-state index contributed by atoms with van der Waals surface area (Å²) in [6.45, 7) is 0. The maximum absolute atomic E-state index is 8.55. The second-order valence-electron chi connectivity index (χ2n) is 3.28. The van der Waals surface area contributed by atoms with Crippen molar-refractivity contribution in [3.05, 3.63) is 56.9 Å². The molecule has 17 nitrogen and oxygen atoms in total. The average Bonchev–Trinajstić information content (AvgIpc) is 2.64. The Morgan fingerprint density at radius 2 is 0.419 bits per heavy atom. The SMILES string of the molecule is O=P([O-])([O-])[O-].O=P([O-])([O-])[O-].[Ca+2].[Ca+2].[Ca+2].c1ncncn1.c1ncncn1.c1ncncn1. The number of hydrogen-bond donors (Lipinski definition) is 0. The van der Waals surface area contributed by atoms with E-state index < -0.39 is 15.6 Å². The van der Waals surface area contributed by atoms with E-state index in [1.54, 1.807) is 0 Å². The van der Waals surface area contributed by atoms with Gasteiger partial charge in [0.05, 0.1) is 0 Å². The van der Waals surface area contributed by atoms with Gasteiger partial charge in [0.15, 0.2) is 0 Å². The number of nitrogens with zero attached hydrogens (tertiary/aromatic N) is 9. The Hall–Kier alpha value is 1.03. The smallest absolute Gasteiger partial charge is 0.822 e. The van der Waals surface area contributed by atoms with E-state index in [1.165, 1.54) is 56.9 Å². The van der Waals surface area contributed by atoms with Crippen LogP contribution in [0.4, 0.5) is 0 Å². The zero-order chi connectivity index (χ0) is 21.7. The zero-order valence-corrected chi connectivity index (χ0v) is 23.9. The van der Waals surface area contributed by atoms with Crippen LogP contribution in [-0.4, -0.2) is 158 Å². The quantitative estimate of drug-likeness (QED) is 0.184. The minimum atomic E-state index is -5.39. The minimum absolute atomic E-state index is 0. The summed E-state index contributed by atoms with van der Waals surface area (Å²) in [5, 5.41) is 0. The topological polar surface area (TPSA) is 289 Å². The molecule has 0 fully saturated rings. The van der Waals surface area contributed by atoms with Gasteiger partial charge < -0.3 is 38.5 Å². The van der Waals surface area contributed by atoms with Crippen LogP contribution in [0.2, 0.25) is 0 Å². The van der Waals surface area contributed by atoms with Gasteiger partial charge in [-0.2, -0.15) is 15.6 Å². The minimum Gasteiger partial charge on any atom is -0.822 e.